The second kappa shape index (κ2) is 8.55. The molecule has 27 heavy (non-hydrogen) atoms. The van der Waals surface area contributed by atoms with Crippen molar-refractivity contribution in [3.8, 4) is 0 Å². The largest absolute Gasteiger partial charge is 0.349 e. The molecule has 0 aromatic heterocycles. The molecule has 1 aromatic carbocycles. The molecule has 3 amide bonds. The monoisotopic (exact) mass is 371 g/mol. The zero-order chi connectivity index (χ0) is 19.4. The van der Waals surface area contributed by atoms with E-state index in [4.69, 9.17) is 0 Å². The Morgan fingerprint density at radius 3 is 2.67 bits per heavy atom. The molecule has 0 radical (unpaired) electrons. The number of aryl methyl sites for hydroxylation is 1. The van der Waals surface area contributed by atoms with Gasteiger partial charge < -0.3 is 15.5 Å². The molecule has 2 N–H and O–H groups in total. The Labute approximate surface area is 160 Å². The van der Waals surface area contributed by atoms with Crippen LogP contribution in [0.1, 0.15) is 61.4 Å². The first kappa shape index (κ1) is 19.4. The molecule has 1 heterocycles. The second-order valence-electron chi connectivity index (χ2n) is 7.70. The number of nitrogens with zero attached hydrogens (tertiary/aromatic N) is 1. The van der Waals surface area contributed by atoms with Crippen molar-refractivity contribution in [2.24, 2.45) is 5.92 Å². The number of carbonyl (C=O) groups excluding carboxylic acids is 3. The number of hydrogen-bond donors (Lipinski definition) is 2. The van der Waals surface area contributed by atoms with E-state index >= 15 is 0 Å². The molecule has 2 aliphatic rings. The molecule has 1 aliphatic carbocycles. The summed E-state index contributed by atoms with van der Waals surface area (Å²) >= 11 is 0. The number of benzene rings is 1. The predicted molar refractivity (Wildman–Crippen MR) is 105 cm³/mol. The molecule has 1 aliphatic heterocycles. The standard InChI is InChI=1S/C21H29N3O3/c1-3-5-19(25)24-11-4-6-16(13-24)21(27)23-18-12-15(8-7-14(18)2)20(26)22-17-9-10-17/h7-8,12,16-17H,3-6,9-11,13H2,1-2H3,(H,22,26)(H,23,27). The maximum absolute atomic E-state index is 12.8. The van der Waals surface area contributed by atoms with Crippen molar-refractivity contribution >= 4 is 23.4 Å². The minimum Gasteiger partial charge on any atom is -0.349 e. The average molecular weight is 371 g/mol. The van der Waals surface area contributed by atoms with Gasteiger partial charge in [0.05, 0.1) is 5.92 Å². The van der Waals surface area contributed by atoms with Gasteiger partial charge in [-0.1, -0.05) is 13.0 Å². The minimum atomic E-state index is -0.206. The van der Waals surface area contributed by atoms with E-state index < -0.39 is 0 Å². The lowest BCUT2D eigenvalue weighted by atomic mass is 9.96. The number of rotatable bonds is 6. The third-order valence-corrected chi connectivity index (χ3v) is 5.28. The van der Waals surface area contributed by atoms with E-state index in [0.29, 0.717) is 30.3 Å². The SMILES string of the molecule is CCCC(=O)N1CCCC(C(=O)Nc2cc(C(=O)NC3CC3)ccc2C)C1. The summed E-state index contributed by atoms with van der Waals surface area (Å²) in [6, 6.07) is 5.68. The van der Waals surface area contributed by atoms with Crippen LogP contribution in [0.15, 0.2) is 18.2 Å². The molecule has 6 nitrogen and oxygen atoms in total. The smallest absolute Gasteiger partial charge is 0.251 e. The zero-order valence-corrected chi connectivity index (χ0v) is 16.2. The van der Waals surface area contributed by atoms with Gasteiger partial charge in [-0.05, 0) is 56.7 Å². The summed E-state index contributed by atoms with van der Waals surface area (Å²) in [5, 5.41) is 5.95. The molecule has 1 saturated heterocycles. The van der Waals surface area contributed by atoms with Crippen molar-refractivity contribution in [3.05, 3.63) is 29.3 Å². The predicted octanol–water partition coefficient (Wildman–Crippen LogP) is 2.86. The van der Waals surface area contributed by atoms with Crippen LogP contribution in [0.5, 0.6) is 0 Å². The number of piperidine rings is 1. The number of amides is 3. The van der Waals surface area contributed by atoms with E-state index in [1.165, 1.54) is 0 Å². The highest BCUT2D eigenvalue weighted by atomic mass is 16.2. The summed E-state index contributed by atoms with van der Waals surface area (Å²) in [6.07, 6.45) is 5.05. The van der Waals surface area contributed by atoms with E-state index in [9.17, 15) is 14.4 Å². The topological polar surface area (TPSA) is 78.5 Å². The van der Waals surface area contributed by atoms with Crippen LogP contribution in [0.25, 0.3) is 0 Å². The number of nitrogens with one attached hydrogen (secondary N) is 2. The van der Waals surface area contributed by atoms with Gasteiger partial charge in [0.25, 0.3) is 5.91 Å². The molecule has 3 rings (SSSR count). The Morgan fingerprint density at radius 2 is 1.96 bits per heavy atom. The number of hydrogen-bond acceptors (Lipinski definition) is 3. The molecule has 1 atom stereocenters. The molecule has 146 valence electrons. The van der Waals surface area contributed by atoms with Crippen LogP contribution >= 0.6 is 0 Å². The van der Waals surface area contributed by atoms with Gasteiger partial charge in [0, 0.05) is 36.8 Å². The van der Waals surface area contributed by atoms with Crippen LogP contribution in [-0.2, 0) is 9.59 Å². The molecular formula is C21H29N3O3. The van der Waals surface area contributed by atoms with Gasteiger partial charge in [0.2, 0.25) is 11.8 Å². The van der Waals surface area contributed by atoms with Crippen molar-refractivity contribution in [1.82, 2.24) is 10.2 Å². The fourth-order valence-electron chi connectivity index (χ4n) is 3.42. The Bertz CT molecular complexity index is 727. The third-order valence-electron chi connectivity index (χ3n) is 5.28. The van der Waals surface area contributed by atoms with Crippen LogP contribution in [-0.4, -0.2) is 41.8 Å². The highest BCUT2D eigenvalue weighted by Crippen LogP contribution is 2.23. The molecule has 1 saturated carbocycles. The van der Waals surface area contributed by atoms with E-state index in [2.05, 4.69) is 10.6 Å². The van der Waals surface area contributed by atoms with Gasteiger partial charge in [-0.2, -0.15) is 0 Å². The van der Waals surface area contributed by atoms with Gasteiger partial charge in [-0.3, -0.25) is 14.4 Å². The Morgan fingerprint density at radius 1 is 1.19 bits per heavy atom. The summed E-state index contributed by atoms with van der Waals surface area (Å²) < 4.78 is 0. The average Bonchev–Trinajstić information content (AvgIpc) is 3.47. The van der Waals surface area contributed by atoms with E-state index in [-0.39, 0.29) is 23.6 Å². The van der Waals surface area contributed by atoms with Gasteiger partial charge in [-0.25, -0.2) is 0 Å². The van der Waals surface area contributed by atoms with Crippen molar-refractivity contribution in [2.75, 3.05) is 18.4 Å². The zero-order valence-electron chi connectivity index (χ0n) is 16.2. The summed E-state index contributed by atoms with van der Waals surface area (Å²) in [7, 11) is 0. The summed E-state index contributed by atoms with van der Waals surface area (Å²) in [4.78, 5) is 39.0. The Balaban J connectivity index is 1.64. The lowest BCUT2D eigenvalue weighted by molar-refractivity contribution is -0.134. The molecule has 1 aromatic rings. The van der Waals surface area contributed by atoms with Crippen LogP contribution in [0.4, 0.5) is 5.69 Å². The van der Waals surface area contributed by atoms with Crippen LogP contribution < -0.4 is 10.6 Å². The lowest BCUT2D eigenvalue weighted by Gasteiger charge is -2.32. The summed E-state index contributed by atoms with van der Waals surface area (Å²) in [6.45, 7) is 5.11. The highest BCUT2D eigenvalue weighted by Gasteiger charge is 2.28. The number of likely N-dealkylation sites (tertiary alicyclic amines) is 1. The summed E-state index contributed by atoms with van der Waals surface area (Å²) in [5.41, 5.74) is 2.15. The second-order valence-corrected chi connectivity index (χ2v) is 7.70. The fourth-order valence-corrected chi connectivity index (χ4v) is 3.42. The van der Waals surface area contributed by atoms with Crippen molar-refractivity contribution in [3.63, 3.8) is 0 Å². The summed E-state index contributed by atoms with van der Waals surface area (Å²) in [5.74, 6) is -0.248. The van der Waals surface area contributed by atoms with Crippen LogP contribution in [0, 0.1) is 12.8 Å². The number of anilines is 1. The van der Waals surface area contributed by atoms with Crippen molar-refractivity contribution in [1.29, 1.82) is 0 Å². The Hall–Kier alpha value is -2.37. The quantitative estimate of drug-likeness (QED) is 0.807. The first-order valence-corrected chi connectivity index (χ1v) is 9.98. The van der Waals surface area contributed by atoms with E-state index in [0.717, 1.165) is 44.2 Å². The van der Waals surface area contributed by atoms with Crippen molar-refractivity contribution in [2.45, 2.75) is 58.4 Å². The van der Waals surface area contributed by atoms with E-state index in [1.54, 1.807) is 12.1 Å². The van der Waals surface area contributed by atoms with Crippen molar-refractivity contribution < 1.29 is 14.4 Å². The molecular weight excluding hydrogens is 342 g/mol. The Kier molecular flexibility index (Phi) is 6.14. The molecule has 2 fully saturated rings. The van der Waals surface area contributed by atoms with E-state index in [1.807, 2.05) is 24.8 Å². The van der Waals surface area contributed by atoms with Crippen LogP contribution in [0.2, 0.25) is 0 Å². The third kappa shape index (κ3) is 5.08. The lowest BCUT2D eigenvalue weighted by Crippen LogP contribution is -2.43. The molecule has 0 bridgehead atoms. The fraction of sp³-hybridized carbons (Fsp3) is 0.571. The van der Waals surface area contributed by atoms with Gasteiger partial charge in [0.1, 0.15) is 0 Å². The normalized spacial score (nSPS) is 19.5. The van der Waals surface area contributed by atoms with Gasteiger partial charge in [0.15, 0.2) is 0 Å². The molecule has 1 unspecified atom stereocenters. The molecule has 0 spiro atoms. The minimum absolute atomic E-state index is 0.0770. The molecule has 6 heteroatoms. The van der Waals surface area contributed by atoms with Gasteiger partial charge >= 0.3 is 0 Å². The highest BCUT2D eigenvalue weighted by molar-refractivity contribution is 5.98. The first-order valence-electron chi connectivity index (χ1n) is 9.98. The number of carbonyl (C=O) groups is 3. The maximum atomic E-state index is 12.8. The maximum Gasteiger partial charge on any atom is 0.251 e. The van der Waals surface area contributed by atoms with Gasteiger partial charge in [-0.15, -0.1) is 0 Å². The van der Waals surface area contributed by atoms with Crippen LogP contribution in [0.3, 0.4) is 0 Å². The first-order chi connectivity index (χ1) is 13.0.